The lowest BCUT2D eigenvalue weighted by atomic mass is 10.2. The van der Waals surface area contributed by atoms with Gasteiger partial charge in [0.25, 0.3) is 0 Å². The molecule has 7 nitrogen and oxygen atoms in total. The molecule has 3 N–H and O–H groups in total. The van der Waals surface area contributed by atoms with Crippen LogP contribution >= 0.6 is 0 Å². The molecule has 0 radical (unpaired) electrons. The average Bonchev–Trinajstić information content (AvgIpc) is 2.54. The Kier molecular flexibility index (Phi) is 7.91. The molecule has 2 atom stereocenters. The third kappa shape index (κ3) is 7.24. The summed E-state index contributed by atoms with van der Waals surface area (Å²) in [5, 5.41) is 8.13. The molecule has 0 heterocycles. The van der Waals surface area contributed by atoms with Gasteiger partial charge in [0, 0.05) is 32.2 Å². The van der Waals surface area contributed by atoms with E-state index in [1.54, 1.807) is 37.1 Å². The van der Waals surface area contributed by atoms with E-state index in [-0.39, 0.29) is 17.9 Å². The van der Waals surface area contributed by atoms with Crippen LogP contribution in [-0.4, -0.2) is 41.9 Å². The molecule has 0 saturated heterocycles. The Morgan fingerprint density at radius 3 is 2.44 bits per heavy atom. The maximum Gasteiger partial charge on any atom is 0.319 e. The van der Waals surface area contributed by atoms with Gasteiger partial charge in [-0.2, -0.15) is 0 Å². The van der Waals surface area contributed by atoms with Crippen molar-refractivity contribution >= 4 is 23.5 Å². The molecule has 1 aromatic carbocycles. The van der Waals surface area contributed by atoms with Gasteiger partial charge in [0.05, 0.1) is 0 Å². The summed E-state index contributed by atoms with van der Waals surface area (Å²) in [6, 6.07) is 6.20. The fraction of sp³-hybridized carbons (Fsp3) is 0.500. The number of rotatable bonds is 7. The predicted molar refractivity (Wildman–Crippen MR) is 98.1 cm³/mol. The first kappa shape index (κ1) is 20.5. The van der Waals surface area contributed by atoms with Crippen LogP contribution in [0.25, 0.3) is 0 Å². The zero-order valence-corrected chi connectivity index (χ0v) is 15.6. The van der Waals surface area contributed by atoms with Gasteiger partial charge in [0.15, 0.2) is 0 Å². The van der Waals surface area contributed by atoms with Gasteiger partial charge in [-0.1, -0.05) is 19.1 Å². The highest BCUT2D eigenvalue weighted by Crippen LogP contribution is 2.12. The van der Waals surface area contributed by atoms with Gasteiger partial charge in [0.2, 0.25) is 11.8 Å². The van der Waals surface area contributed by atoms with Gasteiger partial charge in [-0.3, -0.25) is 9.59 Å². The minimum atomic E-state index is -0.638. The summed E-state index contributed by atoms with van der Waals surface area (Å²) < 4.78 is 0. The molecule has 1 rings (SSSR count). The quantitative estimate of drug-likeness (QED) is 0.705. The van der Waals surface area contributed by atoms with Gasteiger partial charge in [-0.05, 0) is 38.0 Å². The van der Waals surface area contributed by atoms with Crippen molar-refractivity contribution in [1.82, 2.24) is 15.5 Å². The van der Waals surface area contributed by atoms with E-state index in [9.17, 15) is 14.4 Å². The van der Waals surface area contributed by atoms with Gasteiger partial charge >= 0.3 is 6.03 Å². The number of amides is 4. The van der Waals surface area contributed by atoms with Crippen LogP contribution in [-0.2, 0) is 16.1 Å². The number of nitrogens with one attached hydrogen (secondary N) is 3. The minimum absolute atomic E-state index is 0.0303. The number of anilines is 1. The van der Waals surface area contributed by atoms with E-state index in [1.807, 2.05) is 19.9 Å². The minimum Gasteiger partial charge on any atom is -0.352 e. The highest BCUT2D eigenvalue weighted by atomic mass is 16.2. The van der Waals surface area contributed by atoms with Crippen molar-refractivity contribution in [3.05, 3.63) is 29.8 Å². The molecule has 1 aromatic rings. The zero-order valence-electron chi connectivity index (χ0n) is 15.6. The molecule has 4 amide bonds. The summed E-state index contributed by atoms with van der Waals surface area (Å²) in [6.07, 6.45) is 0.826. The maximum atomic E-state index is 12.1. The Hall–Kier alpha value is -2.57. The SMILES string of the molecule is CC[C@@H](C)NC(=O)[C@H](C)NC(=O)Nc1cccc(CN(C)C(C)=O)c1. The van der Waals surface area contributed by atoms with Crippen LogP contribution in [0, 0.1) is 0 Å². The largest absolute Gasteiger partial charge is 0.352 e. The molecule has 0 unspecified atom stereocenters. The van der Waals surface area contributed by atoms with Crippen LogP contribution in [0.3, 0.4) is 0 Å². The van der Waals surface area contributed by atoms with Crippen LogP contribution in [0.15, 0.2) is 24.3 Å². The lowest BCUT2D eigenvalue weighted by Gasteiger charge is -2.18. The lowest BCUT2D eigenvalue weighted by molar-refractivity contribution is -0.128. The van der Waals surface area contributed by atoms with Gasteiger partial charge < -0.3 is 20.9 Å². The topological polar surface area (TPSA) is 90.5 Å². The molecule has 0 aliphatic rings. The monoisotopic (exact) mass is 348 g/mol. The average molecular weight is 348 g/mol. The molecule has 7 heteroatoms. The summed E-state index contributed by atoms with van der Waals surface area (Å²) in [6.45, 7) is 7.48. The Bertz CT molecular complexity index is 618. The van der Waals surface area contributed by atoms with Crippen molar-refractivity contribution in [2.75, 3.05) is 12.4 Å². The molecule has 25 heavy (non-hydrogen) atoms. The first-order valence-corrected chi connectivity index (χ1v) is 8.41. The zero-order chi connectivity index (χ0) is 19.0. The van der Waals surface area contributed by atoms with Crippen molar-refractivity contribution in [2.24, 2.45) is 0 Å². The smallest absolute Gasteiger partial charge is 0.319 e. The third-order valence-corrected chi connectivity index (χ3v) is 3.88. The highest BCUT2D eigenvalue weighted by molar-refractivity contribution is 5.93. The second-order valence-corrected chi connectivity index (χ2v) is 6.21. The van der Waals surface area contributed by atoms with Gasteiger partial charge in [-0.25, -0.2) is 4.79 Å². The molecule has 138 valence electrons. The third-order valence-electron chi connectivity index (χ3n) is 3.88. The summed E-state index contributed by atoms with van der Waals surface area (Å²) in [7, 11) is 1.72. The van der Waals surface area contributed by atoms with Crippen molar-refractivity contribution in [3.8, 4) is 0 Å². The first-order chi connectivity index (χ1) is 11.7. The van der Waals surface area contributed by atoms with E-state index >= 15 is 0 Å². The number of carbonyl (C=O) groups excluding carboxylic acids is 3. The Labute approximate surface area is 149 Å². The number of benzene rings is 1. The van der Waals surface area contributed by atoms with E-state index in [0.29, 0.717) is 12.2 Å². The molecule has 0 aromatic heterocycles. The summed E-state index contributed by atoms with van der Waals surface area (Å²) in [5.74, 6) is -0.251. The molecular formula is C18H28N4O3. The molecule has 0 saturated carbocycles. The standard InChI is InChI=1S/C18H28N4O3/c1-6-12(2)19-17(24)13(3)20-18(25)21-16-9-7-8-15(10-16)11-22(5)14(4)23/h7-10,12-13H,6,11H2,1-5H3,(H,19,24)(H2,20,21,25)/t12-,13+/m1/s1. The fourth-order valence-electron chi connectivity index (χ4n) is 2.03. The Morgan fingerprint density at radius 1 is 1.16 bits per heavy atom. The van der Waals surface area contributed by atoms with Crippen LogP contribution in [0.2, 0.25) is 0 Å². The normalized spacial score (nSPS) is 12.7. The summed E-state index contributed by atoms with van der Waals surface area (Å²) in [5.41, 5.74) is 1.50. The van der Waals surface area contributed by atoms with Crippen molar-refractivity contribution in [1.29, 1.82) is 0 Å². The molecule has 0 fully saturated rings. The predicted octanol–water partition coefficient (Wildman–Crippen LogP) is 2.09. The summed E-state index contributed by atoms with van der Waals surface area (Å²) >= 11 is 0. The lowest BCUT2D eigenvalue weighted by Crippen LogP contribution is -2.48. The number of carbonyl (C=O) groups is 3. The molecule has 0 spiro atoms. The van der Waals surface area contributed by atoms with Crippen LogP contribution in [0.1, 0.15) is 39.7 Å². The van der Waals surface area contributed by atoms with Crippen LogP contribution < -0.4 is 16.0 Å². The van der Waals surface area contributed by atoms with Gasteiger partial charge in [0.1, 0.15) is 6.04 Å². The maximum absolute atomic E-state index is 12.1. The van der Waals surface area contributed by atoms with E-state index < -0.39 is 12.1 Å². The Balaban J connectivity index is 2.59. The molecule has 0 aliphatic heterocycles. The van der Waals surface area contributed by atoms with Crippen molar-refractivity contribution in [2.45, 2.75) is 52.7 Å². The van der Waals surface area contributed by atoms with Crippen molar-refractivity contribution < 1.29 is 14.4 Å². The van der Waals surface area contributed by atoms with Crippen LogP contribution in [0.5, 0.6) is 0 Å². The number of hydrogen-bond donors (Lipinski definition) is 3. The fourth-order valence-corrected chi connectivity index (χ4v) is 2.03. The number of hydrogen-bond acceptors (Lipinski definition) is 3. The molecular weight excluding hydrogens is 320 g/mol. The van der Waals surface area contributed by atoms with E-state index in [1.165, 1.54) is 6.92 Å². The first-order valence-electron chi connectivity index (χ1n) is 8.41. The number of nitrogens with zero attached hydrogens (tertiary/aromatic N) is 1. The Morgan fingerprint density at radius 2 is 1.84 bits per heavy atom. The van der Waals surface area contributed by atoms with E-state index in [2.05, 4.69) is 16.0 Å². The van der Waals surface area contributed by atoms with Gasteiger partial charge in [-0.15, -0.1) is 0 Å². The van der Waals surface area contributed by atoms with E-state index in [0.717, 1.165) is 12.0 Å². The second kappa shape index (κ2) is 9.66. The van der Waals surface area contributed by atoms with Crippen molar-refractivity contribution in [3.63, 3.8) is 0 Å². The summed E-state index contributed by atoms with van der Waals surface area (Å²) in [4.78, 5) is 36.9. The van der Waals surface area contributed by atoms with E-state index in [4.69, 9.17) is 0 Å². The second-order valence-electron chi connectivity index (χ2n) is 6.21. The highest BCUT2D eigenvalue weighted by Gasteiger charge is 2.17. The number of urea groups is 1. The van der Waals surface area contributed by atoms with Crippen LogP contribution in [0.4, 0.5) is 10.5 Å². The molecule has 0 aliphatic carbocycles. The molecule has 0 bridgehead atoms.